The van der Waals surface area contributed by atoms with E-state index in [2.05, 4.69) is 15.7 Å². The maximum atomic E-state index is 10.4. The SMILES string of the molecule is C/C(=N\NC(N)=O)c1onc(C)c1Cl. The Morgan fingerprint density at radius 3 is 2.79 bits per heavy atom. The highest BCUT2D eigenvalue weighted by Crippen LogP contribution is 2.19. The lowest BCUT2D eigenvalue weighted by Gasteiger charge is -1.95. The molecule has 0 aromatic carbocycles. The van der Waals surface area contributed by atoms with Gasteiger partial charge in [0.1, 0.15) is 10.7 Å². The van der Waals surface area contributed by atoms with Gasteiger partial charge >= 0.3 is 6.03 Å². The second kappa shape index (κ2) is 4.10. The van der Waals surface area contributed by atoms with Crippen molar-refractivity contribution >= 4 is 23.3 Å². The first-order chi connectivity index (χ1) is 6.52. The molecule has 1 heterocycles. The molecule has 0 atom stereocenters. The van der Waals surface area contributed by atoms with Crippen molar-refractivity contribution in [3.8, 4) is 0 Å². The summed E-state index contributed by atoms with van der Waals surface area (Å²) < 4.78 is 4.88. The van der Waals surface area contributed by atoms with Gasteiger partial charge in [-0.3, -0.25) is 0 Å². The fraction of sp³-hybridized carbons (Fsp3) is 0.286. The number of carbonyl (C=O) groups is 1. The van der Waals surface area contributed by atoms with Crippen LogP contribution in [-0.2, 0) is 0 Å². The van der Waals surface area contributed by atoms with Crippen LogP contribution in [0.4, 0.5) is 4.79 Å². The van der Waals surface area contributed by atoms with Gasteiger partial charge in [0.2, 0.25) is 5.76 Å². The molecule has 0 fully saturated rings. The van der Waals surface area contributed by atoms with E-state index in [9.17, 15) is 4.79 Å². The van der Waals surface area contributed by atoms with Crippen molar-refractivity contribution in [2.24, 2.45) is 10.8 Å². The molecule has 0 aliphatic heterocycles. The summed E-state index contributed by atoms with van der Waals surface area (Å²) in [6, 6.07) is -0.753. The van der Waals surface area contributed by atoms with Gasteiger partial charge < -0.3 is 10.3 Å². The predicted molar refractivity (Wildman–Crippen MR) is 51.2 cm³/mol. The molecule has 0 spiro atoms. The van der Waals surface area contributed by atoms with Crippen LogP contribution < -0.4 is 11.2 Å². The summed E-state index contributed by atoms with van der Waals surface area (Å²) >= 11 is 5.84. The van der Waals surface area contributed by atoms with E-state index in [0.717, 1.165) is 0 Å². The number of aromatic nitrogens is 1. The Balaban J connectivity index is 2.89. The first kappa shape index (κ1) is 10.5. The van der Waals surface area contributed by atoms with Crippen molar-refractivity contribution in [3.05, 3.63) is 16.5 Å². The van der Waals surface area contributed by atoms with E-state index < -0.39 is 6.03 Å². The molecule has 0 saturated carbocycles. The first-order valence-electron chi connectivity index (χ1n) is 3.74. The van der Waals surface area contributed by atoms with Crippen LogP contribution in [0.5, 0.6) is 0 Å². The highest BCUT2D eigenvalue weighted by Gasteiger charge is 2.13. The average molecular weight is 217 g/mol. The maximum Gasteiger partial charge on any atom is 0.332 e. The fourth-order valence-corrected chi connectivity index (χ4v) is 0.979. The molecule has 2 amide bonds. The average Bonchev–Trinajstić information content (AvgIpc) is 2.44. The fourth-order valence-electron chi connectivity index (χ4n) is 0.773. The molecule has 0 unspecified atom stereocenters. The molecule has 76 valence electrons. The number of nitrogens with one attached hydrogen (secondary N) is 1. The highest BCUT2D eigenvalue weighted by molar-refractivity contribution is 6.34. The number of hydrazone groups is 1. The standard InChI is InChI=1S/C7H9ClN4O2/c1-3-5(8)6(14-12-3)4(2)10-11-7(9)13/h1-2H3,(H3,9,11,13)/b10-4+. The Kier molecular flexibility index (Phi) is 3.08. The Labute approximate surface area is 85.1 Å². The zero-order valence-electron chi connectivity index (χ0n) is 7.67. The number of rotatable bonds is 2. The monoisotopic (exact) mass is 216 g/mol. The number of urea groups is 1. The van der Waals surface area contributed by atoms with Crippen molar-refractivity contribution < 1.29 is 9.32 Å². The van der Waals surface area contributed by atoms with E-state index in [1.165, 1.54) is 0 Å². The molecular weight excluding hydrogens is 208 g/mol. The number of hydrogen-bond acceptors (Lipinski definition) is 4. The van der Waals surface area contributed by atoms with Crippen molar-refractivity contribution in [1.82, 2.24) is 10.6 Å². The van der Waals surface area contributed by atoms with Crippen LogP contribution in [0, 0.1) is 6.92 Å². The quantitative estimate of drug-likeness (QED) is 0.571. The Morgan fingerprint density at radius 2 is 2.36 bits per heavy atom. The largest absolute Gasteiger partial charge is 0.353 e. The summed E-state index contributed by atoms with van der Waals surface area (Å²) in [6.07, 6.45) is 0. The lowest BCUT2D eigenvalue weighted by Crippen LogP contribution is -2.25. The Hall–Kier alpha value is -1.56. The van der Waals surface area contributed by atoms with Gasteiger partial charge in [-0.25, -0.2) is 10.2 Å². The van der Waals surface area contributed by atoms with Crippen LogP contribution in [0.15, 0.2) is 9.62 Å². The van der Waals surface area contributed by atoms with Crippen molar-refractivity contribution in [3.63, 3.8) is 0 Å². The molecule has 0 aliphatic rings. The van der Waals surface area contributed by atoms with Gasteiger partial charge in [-0.1, -0.05) is 16.8 Å². The van der Waals surface area contributed by atoms with E-state index in [-0.39, 0.29) is 0 Å². The molecule has 0 saturated heterocycles. The summed E-state index contributed by atoms with van der Waals surface area (Å²) in [6.45, 7) is 3.31. The molecule has 1 rings (SSSR count). The molecule has 7 heteroatoms. The van der Waals surface area contributed by atoms with E-state index in [1.54, 1.807) is 13.8 Å². The lowest BCUT2D eigenvalue weighted by molar-refractivity contribution is 0.249. The maximum absolute atomic E-state index is 10.4. The number of aryl methyl sites for hydroxylation is 1. The number of primary amides is 1. The number of amides is 2. The van der Waals surface area contributed by atoms with E-state index in [4.69, 9.17) is 21.9 Å². The molecule has 3 N–H and O–H groups in total. The Bertz CT molecular complexity index is 385. The summed E-state index contributed by atoms with van der Waals surface area (Å²) in [5.41, 5.74) is 7.85. The van der Waals surface area contributed by atoms with E-state index >= 15 is 0 Å². The third-order valence-electron chi connectivity index (χ3n) is 1.45. The van der Waals surface area contributed by atoms with Gasteiger partial charge in [-0.2, -0.15) is 5.10 Å². The van der Waals surface area contributed by atoms with Crippen LogP contribution in [-0.4, -0.2) is 16.9 Å². The van der Waals surface area contributed by atoms with E-state index in [0.29, 0.717) is 22.2 Å². The van der Waals surface area contributed by atoms with Crippen LogP contribution in [0.2, 0.25) is 5.02 Å². The minimum Gasteiger partial charge on any atom is -0.353 e. The number of hydrogen-bond donors (Lipinski definition) is 2. The Morgan fingerprint density at radius 1 is 1.71 bits per heavy atom. The van der Waals surface area contributed by atoms with Gasteiger partial charge in [-0.15, -0.1) is 0 Å². The third kappa shape index (κ3) is 2.23. The van der Waals surface area contributed by atoms with Gasteiger partial charge in [0.25, 0.3) is 0 Å². The second-order valence-corrected chi connectivity index (χ2v) is 2.96. The van der Waals surface area contributed by atoms with Gasteiger partial charge in [0, 0.05) is 0 Å². The normalized spacial score (nSPS) is 11.5. The van der Waals surface area contributed by atoms with Crippen molar-refractivity contribution in [1.29, 1.82) is 0 Å². The molecule has 0 aliphatic carbocycles. The molecule has 0 bridgehead atoms. The van der Waals surface area contributed by atoms with Crippen LogP contribution in [0.1, 0.15) is 18.4 Å². The molecule has 0 radical (unpaired) electrons. The third-order valence-corrected chi connectivity index (χ3v) is 1.90. The van der Waals surface area contributed by atoms with Gasteiger partial charge in [0.15, 0.2) is 0 Å². The van der Waals surface area contributed by atoms with Crippen LogP contribution in [0.3, 0.4) is 0 Å². The second-order valence-electron chi connectivity index (χ2n) is 2.58. The predicted octanol–water partition coefficient (Wildman–Crippen LogP) is 1.03. The molecule has 1 aromatic heterocycles. The molecule has 1 aromatic rings. The summed E-state index contributed by atoms with van der Waals surface area (Å²) in [4.78, 5) is 10.4. The molecular formula is C7H9ClN4O2. The summed E-state index contributed by atoms with van der Waals surface area (Å²) in [5.74, 6) is 0.318. The molecule has 6 nitrogen and oxygen atoms in total. The summed E-state index contributed by atoms with van der Waals surface area (Å²) in [7, 11) is 0. The summed E-state index contributed by atoms with van der Waals surface area (Å²) in [5, 5.41) is 7.65. The topological polar surface area (TPSA) is 93.5 Å². The zero-order valence-corrected chi connectivity index (χ0v) is 8.42. The van der Waals surface area contributed by atoms with E-state index in [1.807, 2.05) is 0 Å². The smallest absolute Gasteiger partial charge is 0.332 e. The van der Waals surface area contributed by atoms with Crippen LogP contribution in [0.25, 0.3) is 0 Å². The lowest BCUT2D eigenvalue weighted by atomic mass is 10.3. The van der Waals surface area contributed by atoms with Crippen molar-refractivity contribution in [2.45, 2.75) is 13.8 Å². The number of halogens is 1. The minimum atomic E-state index is -0.753. The highest BCUT2D eigenvalue weighted by atomic mass is 35.5. The molecule has 14 heavy (non-hydrogen) atoms. The zero-order chi connectivity index (χ0) is 10.7. The first-order valence-corrected chi connectivity index (χ1v) is 4.12. The van der Waals surface area contributed by atoms with Gasteiger partial charge in [0.05, 0.1) is 5.69 Å². The van der Waals surface area contributed by atoms with Gasteiger partial charge in [-0.05, 0) is 13.8 Å². The van der Waals surface area contributed by atoms with Crippen molar-refractivity contribution in [2.75, 3.05) is 0 Å². The van der Waals surface area contributed by atoms with Crippen LogP contribution >= 0.6 is 11.6 Å². The number of nitrogens with zero attached hydrogens (tertiary/aromatic N) is 2. The number of nitrogens with two attached hydrogens (primary N) is 1. The minimum absolute atomic E-state index is 0.318. The number of carbonyl (C=O) groups excluding carboxylic acids is 1.